The lowest BCUT2D eigenvalue weighted by Gasteiger charge is -2.02. The highest BCUT2D eigenvalue weighted by Gasteiger charge is 2.23. The van der Waals surface area contributed by atoms with Gasteiger partial charge in [-0.05, 0) is 37.1 Å². The summed E-state index contributed by atoms with van der Waals surface area (Å²) in [6.45, 7) is 0. The Morgan fingerprint density at radius 3 is 2.53 bits per heavy atom. The lowest BCUT2D eigenvalue weighted by molar-refractivity contribution is -0.130. The van der Waals surface area contributed by atoms with E-state index in [0.29, 0.717) is 11.7 Å². The van der Waals surface area contributed by atoms with Gasteiger partial charge in [-0.3, -0.25) is 0 Å². The molecule has 1 aliphatic carbocycles. The van der Waals surface area contributed by atoms with Crippen molar-refractivity contribution < 1.29 is 14.6 Å². The fraction of sp³-hybridized carbons (Fsp3) is 0.250. The normalized spacial score (nSPS) is 13.9. The van der Waals surface area contributed by atoms with Crippen molar-refractivity contribution in [1.82, 2.24) is 0 Å². The van der Waals surface area contributed by atoms with E-state index in [1.54, 1.807) is 12.1 Å². The zero-order valence-electron chi connectivity index (χ0n) is 8.06. The van der Waals surface area contributed by atoms with Gasteiger partial charge in [0.2, 0.25) is 0 Å². The van der Waals surface area contributed by atoms with Crippen LogP contribution in [0.4, 0.5) is 0 Å². The molecule has 0 spiro atoms. The standard InChI is InChI=1S/C12H10O3/c13-12(14)8-3-9-1-4-10(5-2-9)15-11-6-7-11/h1-2,4-5,11H,6-7H2,(H,13,14). The summed E-state index contributed by atoms with van der Waals surface area (Å²) >= 11 is 0. The monoisotopic (exact) mass is 202 g/mol. The van der Waals surface area contributed by atoms with Crippen molar-refractivity contribution in [2.45, 2.75) is 18.9 Å². The minimum absolute atomic E-state index is 0.376. The topological polar surface area (TPSA) is 46.5 Å². The molecule has 3 heteroatoms. The van der Waals surface area contributed by atoms with Gasteiger partial charge >= 0.3 is 5.97 Å². The molecule has 1 aliphatic rings. The van der Waals surface area contributed by atoms with Crippen molar-refractivity contribution in [2.75, 3.05) is 0 Å². The first kappa shape index (κ1) is 9.60. The molecule has 15 heavy (non-hydrogen) atoms. The Balaban J connectivity index is 2.03. The smallest absolute Gasteiger partial charge is 0.382 e. The molecule has 1 saturated carbocycles. The highest BCUT2D eigenvalue weighted by Crippen LogP contribution is 2.26. The lowest BCUT2D eigenvalue weighted by atomic mass is 10.2. The molecule has 0 saturated heterocycles. The molecule has 1 aromatic rings. The molecular formula is C12H10O3. The number of ether oxygens (including phenoxy) is 1. The van der Waals surface area contributed by atoms with Crippen LogP contribution in [0.25, 0.3) is 0 Å². The van der Waals surface area contributed by atoms with Crippen LogP contribution in [0.2, 0.25) is 0 Å². The molecule has 2 rings (SSSR count). The fourth-order valence-corrected chi connectivity index (χ4v) is 1.12. The molecule has 0 aliphatic heterocycles. The molecule has 0 bridgehead atoms. The molecule has 0 aromatic heterocycles. The van der Waals surface area contributed by atoms with Crippen LogP contribution >= 0.6 is 0 Å². The molecule has 0 amide bonds. The maximum atomic E-state index is 10.2. The average Bonchev–Trinajstić information content (AvgIpc) is 3.01. The molecular weight excluding hydrogens is 192 g/mol. The van der Waals surface area contributed by atoms with Crippen molar-refractivity contribution in [1.29, 1.82) is 0 Å². The van der Waals surface area contributed by atoms with Crippen LogP contribution in [-0.4, -0.2) is 17.2 Å². The van der Waals surface area contributed by atoms with Crippen molar-refractivity contribution in [2.24, 2.45) is 0 Å². The van der Waals surface area contributed by atoms with Crippen LogP contribution in [-0.2, 0) is 4.79 Å². The van der Waals surface area contributed by atoms with E-state index in [9.17, 15) is 4.79 Å². The van der Waals surface area contributed by atoms with Crippen LogP contribution in [0.1, 0.15) is 18.4 Å². The van der Waals surface area contributed by atoms with Gasteiger partial charge in [-0.2, -0.15) is 0 Å². The summed E-state index contributed by atoms with van der Waals surface area (Å²) in [5.41, 5.74) is 0.681. The summed E-state index contributed by atoms with van der Waals surface area (Å²) in [7, 11) is 0. The summed E-state index contributed by atoms with van der Waals surface area (Å²) in [6.07, 6.45) is 2.63. The summed E-state index contributed by atoms with van der Waals surface area (Å²) in [4.78, 5) is 10.2. The van der Waals surface area contributed by atoms with E-state index in [4.69, 9.17) is 9.84 Å². The Morgan fingerprint density at radius 1 is 1.33 bits per heavy atom. The van der Waals surface area contributed by atoms with Gasteiger partial charge in [0, 0.05) is 11.5 Å². The third-order valence-electron chi connectivity index (χ3n) is 2.00. The van der Waals surface area contributed by atoms with E-state index in [1.165, 1.54) is 0 Å². The highest BCUT2D eigenvalue weighted by atomic mass is 16.5. The number of carbonyl (C=O) groups is 1. The Hall–Kier alpha value is -1.95. The van der Waals surface area contributed by atoms with Crippen LogP contribution in [0.3, 0.4) is 0 Å². The summed E-state index contributed by atoms with van der Waals surface area (Å²) in [5.74, 6) is 4.30. The second-order valence-corrected chi connectivity index (χ2v) is 3.40. The molecule has 0 unspecified atom stereocenters. The Bertz CT molecular complexity index is 418. The predicted molar refractivity (Wildman–Crippen MR) is 54.6 cm³/mol. The van der Waals surface area contributed by atoms with E-state index < -0.39 is 5.97 Å². The Labute approximate surface area is 87.7 Å². The molecule has 1 N–H and O–H groups in total. The maximum Gasteiger partial charge on any atom is 0.382 e. The van der Waals surface area contributed by atoms with Gasteiger partial charge < -0.3 is 9.84 Å². The zero-order chi connectivity index (χ0) is 10.7. The van der Waals surface area contributed by atoms with Gasteiger partial charge in [-0.15, -0.1) is 0 Å². The first-order chi connectivity index (χ1) is 7.24. The maximum absolute atomic E-state index is 10.2. The van der Waals surface area contributed by atoms with Crippen molar-refractivity contribution >= 4 is 5.97 Å². The van der Waals surface area contributed by atoms with Crippen molar-refractivity contribution in [3.63, 3.8) is 0 Å². The van der Waals surface area contributed by atoms with Gasteiger partial charge in [0.05, 0.1) is 6.10 Å². The Morgan fingerprint density at radius 2 is 2.00 bits per heavy atom. The molecule has 3 nitrogen and oxygen atoms in total. The average molecular weight is 202 g/mol. The molecule has 76 valence electrons. The number of hydrogen-bond acceptors (Lipinski definition) is 2. The molecule has 1 fully saturated rings. The second kappa shape index (κ2) is 4.05. The van der Waals surface area contributed by atoms with E-state index in [0.717, 1.165) is 18.6 Å². The third-order valence-corrected chi connectivity index (χ3v) is 2.00. The van der Waals surface area contributed by atoms with E-state index in [2.05, 4.69) is 11.8 Å². The minimum Gasteiger partial charge on any atom is -0.490 e. The lowest BCUT2D eigenvalue weighted by Crippen LogP contribution is -1.95. The largest absolute Gasteiger partial charge is 0.490 e. The Kier molecular flexibility index (Phi) is 2.59. The number of aliphatic carboxylic acids is 1. The summed E-state index contributed by atoms with van der Waals surface area (Å²) in [6, 6.07) is 7.13. The summed E-state index contributed by atoms with van der Waals surface area (Å²) in [5, 5.41) is 8.36. The molecule has 0 radical (unpaired) electrons. The molecule has 0 atom stereocenters. The predicted octanol–water partition coefficient (Wildman–Crippen LogP) is 1.66. The number of carboxylic acids is 1. The van der Waals surface area contributed by atoms with E-state index in [-0.39, 0.29) is 0 Å². The molecule has 0 heterocycles. The van der Waals surface area contributed by atoms with E-state index >= 15 is 0 Å². The number of carboxylic acid groups (broad SMARTS) is 1. The van der Waals surface area contributed by atoms with Gasteiger partial charge in [0.25, 0.3) is 0 Å². The minimum atomic E-state index is -1.12. The molecule has 1 aromatic carbocycles. The first-order valence-electron chi connectivity index (χ1n) is 4.76. The van der Waals surface area contributed by atoms with Gasteiger partial charge in [0.1, 0.15) is 5.75 Å². The van der Waals surface area contributed by atoms with Crippen LogP contribution in [0.15, 0.2) is 24.3 Å². The van der Waals surface area contributed by atoms with Crippen LogP contribution in [0, 0.1) is 11.8 Å². The first-order valence-corrected chi connectivity index (χ1v) is 4.76. The highest BCUT2D eigenvalue weighted by molar-refractivity contribution is 5.87. The second-order valence-electron chi connectivity index (χ2n) is 3.40. The van der Waals surface area contributed by atoms with E-state index in [1.807, 2.05) is 12.1 Å². The quantitative estimate of drug-likeness (QED) is 0.742. The third kappa shape index (κ3) is 3.03. The number of hydrogen-bond donors (Lipinski definition) is 1. The van der Waals surface area contributed by atoms with Crippen LogP contribution < -0.4 is 4.74 Å². The number of benzene rings is 1. The van der Waals surface area contributed by atoms with Crippen LogP contribution in [0.5, 0.6) is 5.75 Å². The zero-order valence-corrected chi connectivity index (χ0v) is 8.06. The summed E-state index contributed by atoms with van der Waals surface area (Å²) < 4.78 is 5.54. The van der Waals surface area contributed by atoms with Gasteiger partial charge in [0.15, 0.2) is 0 Å². The van der Waals surface area contributed by atoms with Crippen molar-refractivity contribution in [3.05, 3.63) is 29.8 Å². The fourth-order valence-electron chi connectivity index (χ4n) is 1.12. The van der Waals surface area contributed by atoms with Crippen molar-refractivity contribution in [3.8, 4) is 17.6 Å². The SMILES string of the molecule is O=C(O)C#Cc1ccc(OC2CC2)cc1. The number of rotatable bonds is 2. The van der Waals surface area contributed by atoms with Gasteiger partial charge in [-0.1, -0.05) is 5.92 Å². The van der Waals surface area contributed by atoms with Gasteiger partial charge in [-0.25, -0.2) is 4.79 Å².